The molecular weight excluding hydrogens is 390 g/mol. The number of hydrogen-bond acceptors (Lipinski definition) is 4. The van der Waals surface area contributed by atoms with Crippen LogP contribution >= 0.6 is 0 Å². The topological polar surface area (TPSA) is 72.9 Å². The van der Waals surface area contributed by atoms with Gasteiger partial charge in [0.1, 0.15) is 0 Å². The number of hydrogen-bond donors (Lipinski definition) is 2. The van der Waals surface area contributed by atoms with E-state index in [0.29, 0.717) is 28.9 Å². The van der Waals surface area contributed by atoms with Crippen LogP contribution in [0, 0.1) is 12.8 Å². The van der Waals surface area contributed by atoms with E-state index in [2.05, 4.69) is 35.9 Å². The fourth-order valence-electron chi connectivity index (χ4n) is 4.20. The number of piperazine rings is 1. The highest BCUT2D eigenvalue weighted by Gasteiger charge is 2.24. The summed E-state index contributed by atoms with van der Waals surface area (Å²) in [5.74, 6) is -0.580. The lowest BCUT2D eigenvalue weighted by molar-refractivity contribution is 0.0696. The van der Waals surface area contributed by atoms with E-state index in [1.807, 2.05) is 19.1 Å². The van der Waals surface area contributed by atoms with Gasteiger partial charge >= 0.3 is 5.97 Å². The Kier molecular flexibility index (Phi) is 7.33. The molecule has 0 aromatic heterocycles. The number of rotatable bonds is 7. The van der Waals surface area contributed by atoms with Crippen LogP contribution in [0.2, 0.25) is 0 Å². The summed E-state index contributed by atoms with van der Waals surface area (Å²) in [6, 6.07) is 12.9. The quantitative estimate of drug-likeness (QED) is 0.686. The zero-order chi connectivity index (χ0) is 22.5. The van der Waals surface area contributed by atoms with E-state index in [-0.39, 0.29) is 11.5 Å². The Hall–Kier alpha value is -2.86. The molecule has 166 valence electrons. The molecule has 6 nitrogen and oxygen atoms in total. The van der Waals surface area contributed by atoms with Crippen molar-refractivity contribution in [2.24, 2.45) is 5.92 Å². The zero-order valence-electron chi connectivity index (χ0n) is 18.9. The average Bonchev–Trinajstić information content (AvgIpc) is 2.73. The fourth-order valence-corrected chi connectivity index (χ4v) is 4.20. The van der Waals surface area contributed by atoms with Crippen LogP contribution in [0.4, 0.5) is 11.4 Å². The molecule has 0 aliphatic carbocycles. The van der Waals surface area contributed by atoms with Gasteiger partial charge in [-0.3, -0.25) is 9.69 Å². The molecule has 2 aromatic carbocycles. The number of carboxylic acid groups (broad SMARTS) is 1. The smallest absolute Gasteiger partial charge is 0.337 e. The predicted molar refractivity (Wildman–Crippen MR) is 125 cm³/mol. The highest BCUT2D eigenvalue weighted by Crippen LogP contribution is 2.27. The number of nitrogens with one attached hydrogen (secondary N) is 1. The number of carbonyl (C=O) groups is 2. The number of carbonyl (C=O) groups excluding carboxylic acids is 1. The molecule has 1 fully saturated rings. The van der Waals surface area contributed by atoms with Crippen molar-refractivity contribution in [2.45, 2.75) is 40.2 Å². The van der Waals surface area contributed by atoms with Crippen molar-refractivity contribution < 1.29 is 14.7 Å². The first-order valence-electron chi connectivity index (χ1n) is 11.0. The minimum absolute atomic E-state index is 0.213. The van der Waals surface area contributed by atoms with Crippen LogP contribution in [0.25, 0.3) is 0 Å². The highest BCUT2D eigenvalue weighted by atomic mass is 16.4. The van der Waals surface area contributed by atoms with Crippen molar-refractivity contribution in [3.63, 3.8) is 0 Å². The van der Waals surface area contributed by atoms with E-state index in [0.717, 1.165) is 38.2 Å². The van der Waals surface area contributed by atoms with E-state index in [9.17, 15) is 14.7 Å². The third-order valence-electron chi connectivity index (χ3n) is 5.89. The van der Waals surface area contributed by atoms with Gasteiger partial charge in [0.05, 0.1) is 11.3 Å². The summed E-state index contributed by atoms with van der Waals surface area (Å²) < 4.78 is 0. The van der Waals surface area contributed by atoms with E-state index in [4.69, 9.17) is 0 Å². The first-order chi connectivity index (χ1) is 14.7. The second-order valence-corrected chi connectivity index (χ2v) is 8.86. The third kappa shape index (κ3) is 5.85. The maximum atomic E-state index is 12.5. The normalized spacial score (nSPS) is 15.7. The Morgan fingerprint density at radius 2 is 1.65 bits per heavy atom. The minimum Gasteiger partial charge on any atom is -0.478 e. The molecule has 1 saturated heterocycles. The van der Waals surface area contributed by atoms with Gasteiger partial charge in [-0.1, -0.05) is 31.5 Å². The Labute approximate surface area is 184 Å². The van der Waals surface area contributed by atoms with Crippen LogP contribution in [0.5, 0.6) is 0 Å². The second kappa shape index (κ2) is 9.96. The molecule has 1 atom stereocenters. The van der Waals surface area contributed by atoms with Gasteiger partial charge in [-0.15, -0.1) is 0 Å². The Morgan fingerprint density at radius 1 is 1.00 bits per heavy atom. The number of aromatic carboxylic acids is 1. The van der Waals surface area contributed by atoms with Crippen molar-refractivity contribution in [1.82, 2.24) is 4.90 Å². The van der Waals surface area contributed by atoms with Gasteiger partial charge < -0.3 is 15.3 Å². The zero-order valence-corrected chi connectivity index (χ0v) is 18.9. The lowest BCUT2D eigenvalue weighted by Gasteiger charge is -2.40. The second-order valence-electron chi connectivity index (χ2n) is 8.86. The molecule has 1 aliphatic heterocycles. The van der Waals surface area contributed by atoms with Gasteiger partial charge in [0.2, 0.25) is 0 Å². The van der Waals surface area contributed by atoms with E-state index < -0.39 is 5.97 Å². The van der Waals surface area contributed by atoms with Crippen molar-refractivity contribution >= 4 is 23.3 Å². The van der Waals surface area contributed by atoms with Gasteiger partial charge in [-0.2, -0.15) is 0 Å². The van der Waals surface area contributed by atoms with Gasteiger partial charge in [0.25, 0.3) is 5.91 Å². The third-order valence-corrected chi connectivity index (χ3v) is 5.89. The van der Waals surface area contributed by atoms with Crippen LogP contribution in [0.3, 0.4) is 0 Å². The molecule has 1 amide bonds. The van der Waals surface area contributed by atoms with Gasteiger partial charge in [-0.05, 0) is 56.5 Å². The molecule has 0 radical (unpaired) electrons. The first-order valence-corrected chi connectivity index (χ1v) is 11.0. The Balaban J connectivity index is 1.70. The largest absolute Gasteiger partial charge is 0.478 e. The molecular formula is C25H33N3O3. The summed E-state index contributed by atoms with van der Waals surface area (Å²) in [6.45, 7) is 12.1. The summed E-state index contributed by atoms with van der Waals surface area (Å²) in [4.78, 5) is 29.1. The lowest BCUT2D eigenvalue weighted by atomic mass is 10.0. The SMILES string of the molecule is Cc1ccc(C(=O)Nc2ccc(N3CCN(C(C)CC(C)C)CC3)c(C(=O)O)c2)cc1. The summed E-state index contributed by atoms with van der Waals surface area (Å²) >= 11 is 0. The molecule has 31 heavy (non-hydrogen) atoms. The molecule has 1 aliphatic rings. The molecule has 3 rings (SSSR count). The van der Waals surface area contributed by atoms with Gasteiger partial charge in [0.15, 0.2) is 0 Å². The van der Waals surface area contributed by atoms with E-state index in [1.165, 1.54) is 0 Å². The lowest BCUT2D eigenvalue weighted by Crippen LogP contribution is -2.50. The summed E-state index contributed by atoms with van der Waals surface area (Å²) in [5.41, 5.74) is 3.02. The molecule has 2 aromatic rings. The van der Waals surface area contributed by atoms with Crippen LogP contribution < -0.4 is 10.2 Å². The minimum atomic E-state index is -0.989. The number of anilines is 2. The number of amides is 1. The molecule has 6 heteroatoms. The molecule has 1 heterocycles. The highest BCUT2D eigenvalue weighted by molar-refractivity contribution is 6.05. The number of nitrogens with zero attached hydrogens (tertiary/aromatic N) is 2. The first kappa shape index (κ1) is 22.8. The maximum Gasteiger partial charge on any atom is 0.337 e. The average molecular weight is 424 g/mol. The molecule has 1 unspecified atom stereocenters. The monoisotopic (exact) mass is 423 g/mol. The molecule has 0 bridgehead atoms. The fraction of sp³-hybridized carbons (Fsp3) is 0.440. The van der Waals surface area contributed by atoms with Crippen molar-refractivity contribution in [3.05, 3.63) is 59.2 Å². The molecule has 0 spiro atoms. The number of benzene rings is 2. The standard InChI is InChI=1S/C25H33N3O3/c1-17(2)15-19(4)27-11-13-28(14-12-27)23-10-9-21(16-22(23)25(30)31)26-24(29)20-7-5-18(3)6-8-20/h5-10,16-17,19H,11-15H2,1-4H3,(H,26,29)(H,30,31). The van der Waals surface area contributed by atoms with Crippen LogP contribution in [-0.4, -0.2) is 54.1 Å². The van der Waals surface area contributed by atoms with E-state index >= 15 is 0 Å². The number of carboxylic acids is 1. The van der Waals surface area contributed by atoms with Gasteiger partial charge in [0, 0.05) is 43.5 Å². The molecule has 0 saturated carbocycles. The van der Waals surface area contributed by atoms with Crippen LogP contribution in [0.15, 0.2) is 42.5 Å². The summed E-state index contributed by atoms with van der Waals surface area (Å²) in [7, 11) is 0. The predicted octanol–water partition coefficient (Wildman–Crippen LogP) is 4.50. The van der Waals surface area contributed by atoms with Crippen molar-refractivity contribution in [2.75, 3.05) is 36.4 Å². The van der Waals surface area contributed by atoms with Crippen molar-refractivity contribution in [1.29, 1.82) is 0 Å². The Morgan fingerprint density at radius 3 is 2.23 bits per heavy atom. The van der Waals surface area contributed by atoms with Crippen LogP contribution in [0.1, 0.15) is 53.5 Å². The van der Waals surface area contributed by atoms with Crippen LogP contribution in [-0.2, 0) is 0 Å². The maximum absolute atomic E-state index is 12.5. The van der Waals surface area contributed by atoms with E-state index in [1.54, 1.807) is 30.3 Å². The Bertz CT molecular complexity index is 916. The van der Waals surface area contributed by atoms with Gasteiger partial charge in [-0.25, -0.2) is 4.79 Å². The van der Waals surface area contributed by atoms with Crippen molar-refractivity contribution in [3.8, 4) is 0 Å². The molecule has 2 N–H and O–H groups in total. The number of aryl methyl sites for hydroxylation is 1. The summed E-state index contributed by atoms with van der Waals surface area (Å²) in [5, 5.41) is 12.6. The summed E-state index contributed by atoms with van der Waals surface area (Å²) in [6.07, 6.45) is 1.16.